The van der Waals surface area contributed by atoms with Crippen LogP contribution in [0.2, 0.25) is 0 Å². The van der Waals surface area contributed by atoms with Crippen LogP contribution in [-0.4, -0.2) is 30.0 Å². The van der Waals surface area contributed by atoms with Crippen LogP contribution in [0.1, 0.15) is 24.5 Å². The molecule has 0 saturated carbocycles. The summed E-state index contributed by atoms with van der Waals surface area (Å²) in [5.41, 5.74) is 2.66. The van der Waals surface area contributed by atoms with Gasteiger partial charge < -0.3 is 4.74 Å². The first-order chi connectivity index (χ1) is 14.3. The number of rotatable bonds is 6. The van der Waals surface area contributed by atoms with E-state index in [1.807, 2.05) is 66.7 Å². The third-order valence-electron chi connectivity index (χ3n) is 4.56. The predicted octanol–water partition coefficient (Wildman–Crippen LogP) is 4.77. The average molecular weight is 402 g/mol. The first kappa shape index (κ1) is 17.6. The summed E-state index contributed by atoms with van der Waals surface area (Å²) in [7, 11) is 0. The molecule has 0 amide bonds. The van der Waals surface area contributed by atoms with Crippen LogP contribution in [-0.2, 0) is 0 Å². The molecule has 5 aromatic rings. The van der Waals surface area contributed by atoms with Crippen LogP contribution in [0.3, 0.4) is 0 Å². The minimum Gasteiger partial charge on any atom is -0.483 e. The van der Waals surface area contributed by atoms with E-state index in [0.717, 1.165) is 39.1 Å². The van der Waals surface area contributed by atoms with Gasteiger partial charge in [0.25, 0.3) is 0 Å². The molecule has 144 valence electrons. The van der Waals surface area contributed by atoms with Crippen molar-refractivity contribution >= 4 is 16.3 Å². The molecule has 0 spiro atoms. The van der Waals surface area contributed by atoms with Gasteiger partial charge >= 0.3 is 0 Å². The zero-order chi connectivity index (χ0) is 19.6. The Morgan fingerprint density at radius 1 is 1.03 bits per heavy atom. The summed E-state index contributed by atoms with van der Waals surface area (Å²) in [6.07, 6.45) is 0.662. The van der Waals surface area contributed by atoms with Gasteiger partial charge in [-0.25, -0.2) is 0 Å². The second kappa shape index (κ2) is 7.48. The van der Waals surface area contributed by atoms with E-state index < -0.39 is 0 Å². The summed E-state index contributed by atoms with van der Waals surface area (Å²) in [4.78, 5) is 0.723. The molecule has 1 unspecified atom stereocenters. The molecule has 8 heteroatoms. The van der Waals surface area contributed by atoms with Gasteiger partial charge in [-0.05, 0) is 24.6 Å². The van der Waals surface area contributed by atoms with Crippen molar-refractivity contribution < 1.29 is 4.74 Å². The predicted molar refractivity (Wildman–Crippen MR) is 112 cm³/mol. The highest BCUT2D eigenvalue weighted by atomic mass is 32.1. The van der Waals surface area contributed by atoms with Gasteiger partial charge in [-0.1, -0.05) is 66.8 Å². The van der Waals surface area contributed by atoms with Crippen LogP contribution in [0.5, 0.6) is 5.75 Å². The lowest BCUT2D eigenvalue weighted by atomic mass is 10.1. The van der Waals surface area contributed by atoms with Gasteiger partial charge in [0.05, 0.1) is 5.69 Å². The topological polar surface area (TPSA) is 81.0 Å². The Hall–Kier alpha value is -3.52. The van der Waals surface area contributed by atoms with Crippen LogP contribution < -0.4 is 4.74 Å². The molecule has 0 saturated heterocycles. The number of para-hydroxylation sites is 1. The standard InChI is InChI=1S/C21H18N6OS/c1-2-18(28-15-11-7-4-8-12-15)20-26-27-19(24-25-21(27)29-20)17-13-16(22-23-17)14-9-5-3-6-10-14/h3-13,18H,2H2,1H3,(H,22,23). The van der Waals surface area contributed by atoms with Crippen LogP contribution in [0, 0.1) is 0 Å². The van der Waals surface area contributed by atoms with Gasteiger partial charge in [0, 0.05) is 5.56 Å². The Morgan fingerprint density at radius 2 is 1.79 bits per heavy atom. The van der Waals surface area contributed by atoms with Crippen molar-refractivity contribution in [3.05, 3.63) is 71.7 Å². The number of hydrogen-bond acceptors (Lipinski definition) is 6. The molecule has 0 fully saturated rings. The highest BCUT2D eigenvalue weighted by Crippen LogP contribution is 2.30. The molecular weight excluding hydrogens is 384 g/mol. The summed E-state index contributed by atoms with van der Waals surface area (Å²) in [5.74, 6) is 1.46. The molecule has 29 heavy (non-hydrogen) atoms. The van der Waals surface area contributed by atoms with Crippen molar-refractivity contribution in [2.24, 2.45) is 0 Å². The molecular formula is C21H18N6OS. The zero-order valence-electron chi connectivity index (χ0n) is 15.7. The molecule has 3 heterocycles. The number of H-pyrrole nitrogens is 1. The molecule has 0 bridgehead atoms. The zero-order valence-corrected chi connectivity index (χ0v) is 16.5. The number of aromatic amines is 1. The molecule has 0 aliphatic heterocycles. The normalized spacial score (nSPS) is 12.3. The fourth-order valence-electron chi connectivity index (χ4n) is 3.09. The van der Waals surface area contributed by atoms with Gasteiger partial charge in [0.1, 0.15) is 11.4 Å². The van der Waals surface area contributed by atoms with Crippen LogP contribution in [0.25, 0.3) is 27.7 Å². The lowest BCUT2D eigenvalue weighted by molar-refractivity contribution is 0.199. The van der Waals surface area contributed by atoms with Crippen molar-refractivity contribution in [3.8, 4) is 28.5 Å². The molecule has 7 nitrogen and oxygen atoms in total. The van der Waals surface area contributed by atoms with Crippen LogP contribution in [0.4, 0.5) is 0 Å². The molecule has 2 aromatic carbocycles. The first-order valence-electron chi connectivity index (χ1n) is 9.37. The maximum absolute atomic E-state index is 6.12. The van der Waals surface area contributed by atoms with Crippen molar-refractivity contribution in [2.45, 2.75) is 19.4 Å². The number of nitrogens with one attached hydrogen (secondary N) is 1. The molecule has 3 aromatic heterocycles. The molecule has 5 rings (SSSR count). The molecule has 1 atom stereocenters. The van der Waals surface area contributed by atoms with Crippen molar-refractivity contribution in [1.29, 1.82) is 0 Å². The third-order valence-corrected chi connectivity index (χ3v) is 5.55. The van der Waals surface area contributed by atoms with Crippen LogP contribution >= 0.6 is 11.3 Å². The smallest absolute Gasteiger partial charge is 0.235 e. The molecule has 0 aliphatic rings. The number of ether oxygens (including phenoxy) is 1. The van der Waals surface area contributed by atoms with Crippen LogP contribution in [0.15, 0.2) is 66.7 Å². The number of benzene rings is 2. The van der Waals surface area contributed by atoms with E-state index >= 15 is 0 Å². The summed E-state index contributed by atoms with van der Waals surface area (Å²) in [5, 5.41) is 21.6. The maximum Gasteiger partial charge on any atom is 0.235 e. The second-order valence-electron chi connectivity index (χ2n) is 6.52. The van der Waals surface area contributed by atoms with Crippen molar-refractivity contribution in [1.82, 2.24) is 30.0 Å². The summed E-state index contributed by atoms with van der Waals surface area (Å²) >= 11 is 1.49. The van der Waals surface area contributed by atoms with Gasteiger partial charge in [-0.3, -0.25) is 5.10 Å². The second-order valence-corrected chi connectivity index (χ2v) is 7.51. The Morgan fingerprint density at radius 3 is 2.55 bits per heavy atom. The highest BCUT2D eigenvalue weighted by Gasteiger charge is 2.21. The van der Waals surface area contributed by atoms with E-state index in [-0.39, 0.29) is 6.10 Å². The first-order valence-corrected chi connectivity index (χ1v) is 10.2. The van der Waals surface area contributed by atoms with E-state index in [1.54, 1.807) is 4.52 Å². The monoisotopic (exact) mass is 402 g/mol. The molecule has 1 N–H and O–H groups in total. The van der Waals surface area contributed by atoms with E-state index in [9.17, 15) is 0 Å². The average Bonchev–Trinajstić information content (AvgIpc) is 3.49. The molecule has 0 radical (unpaired) electrons. The number of fused-ring (bicyclic) bond motifs is 1. The van der Waals surface area contributed by atoms with Crippen molar-refractivity contribution in [2.75, 3.05) is 0 Å². The number of nitrogens with zero attached hydrogens (tertiary/aromatic N) is 5. The number of hydrogen-bond donors (Lipinski definition) is 1. The largest absolute Gasteiger partial charge is 0.483 e. The van der Waals surface area contributed by atoms with Gasteiger partial charge in [0.2, 0.25) is 10.8 Å². The van der Waals surface area contributed by atoms with E-state index in [0.29, 0.717) is 5.82 Å². The summed E-state index contributed by atoms with van der Waals surface area (Å²) < 4.78 is 7.87. The summed E-state index contributed by atoms with van der Waals surface area (Å²) in [6, 6.07) is 21.8. The lowest BCUT2D eigenvalue weighted by Gasteiger charge is -2.14. The Balaban J connectivity index is 1.46. The Bertz CT molecular complexity index is 1230. The van der Waals surface area contributed by atoms with Gasteiger partial charge in [-0.2, -0.15) is 14.7 Å². The van der Waals surface area contributed by atoms with E-state index in [2.05, 4.69) is 27.3 Å². The van der Waals surface area contributed by atoms with E-state index in [4.69, 9.17) is 9.84 Å². The van der Waals surface area contributed by atoms with E-state index in [1.165, 1.54) is 11.3 Å². The SMILES string of the molecule is CCC(Oc1ccccc1)c1nn2c(-c3cc(-c4ccccc4)n[nH]3)nnc2s1. The quantitative estimate of drug-likeness (QED) is 0.442. The highest BCUT2D eigenvalue weighted by molar-refractivity contribution is 7.16. The van der Waals surface area contributed by atoms with Gasteiger partial charge in [-0.15, -0.1) is 10.2 Å². The lowest BCUT2D eigenvalue weighted by Crippen LogP contribution is -2.07. The fraction of sp³-hybridized carbons (Fsp3) is 0.143. The Kier molecular flexibility index (Phi) is 4.53. The van der Waals surface area contributed by atoms with Crippen molar-refractivity contribution in [3.63, 3.8) is 0 Å². The molecule has 0 aliphatic carbocycles. The maximum atomic E-state index is 6.12. The van der Waals surface area contributed by atoms with Gasteiger partial charge in [0.15, 0.2) is 11.1 Å². The summed E-state index contributed by atoms with van der Waals surface area (Å²) in [6.45, 7) is 2.08. The Labute approximate surface area is 171 Å². The minimum atomic E-state index is -0.140. The number of aromatic nitrogens is 6. The third kappa shape index (κ3) is 3.38. The minimum absolute atomic E-state index is 0.140. The fourth-order valence-corrected chi connectivity index (χ4v) is 4.05.